The highest BCUT2D eigenvalue weighted by Crippen LogP contribution is 2.24. The summed E-state index contributed by atoms with van der Waals surface area (Å²) in [6.45, 7) is 2.42. The Morgan fingerprint density at radius 2 is 2.44 bits per heavy atom. The second kappa shape index (κ2) is 6.12. The first-order valence-electron chi connectivity index (χ1n) is 4.52. The molecule has 1 unspecified atom stereocenters. The van der Waals surface area contributed by atoms with Gasteiger partial charge in [0.25, 0.3) is 0 Å². The summed E-state index contributed by atoms with van der Waals surface area (Å²) >= 11 is 5.63. The molecule has 0 aliphatic carbocycles. The average molecular weight is 243 g/mol. The lowest BCUT2D eigenvalue weighted by Gasteiger charge is -2.11. The minimum atomic E-state index is 0.0105. The Hall–Kier alpha value is -1.56. The molecule has 0 aliphatic heterocycles. The van der Waals surface area contributed by atoms with Crippen molar-refractivity contribution in [2.24, 2.45) is 5.11 Å². The smallest absolute Gasteiger partial charge is 0.158 e. The zero-order valence-electron chi connectivity index (χ0n) is 8.88. The molecule has 1 rings (SSSR count). The number of hydrogen-bond donors (Lipinski definition) is 1. The van der Waals surface area contributed by atoms with E-state index < -0.39 is 0 Å². The van der Waals surface area contributed by atoms with Crippen LogP contribution in [0.25, 0.3) is 10.4 Å². The molecule has 1 atom stereocenters. The van der Waals surface area contributed by atoms with Gasteiger partial charge in [-0.15, -0.1) is 10.2 Å². The lowest BCUT2D eigenvalue weighted by atomic mass is 10.4. The van der Waals surface area contributed by atoms with E-state index in [0.717, 1.165) is 0 Å². The van der Waals surface area contributed by atoms with Crippen molar-refractivity contribution in [2.75, 3.05) is 19.0 Å². The number of halogens is 1. The molecule has 1 N–H and O–H groups in total. The maximum absolute atomic E-state index is 8.37. The number of ether oxygens (including phenoxy) is 1. The lowest BCUT2D eigenvalue weighted by molar-refractivity contribution is 0.128. The molecule has 8 heteroatoms. The molecule has 0 spiro atoms. The first-order chi connectivity index (χ1) is 7.67. The maximum atomic E-state index is 8.37. The Morgan fingerprint density at radius 3 is 3.06 bits per heavy atom. The fraction of sp³-hybridized carbons (Fsp3) is 0.500. The molecule has 86 valence electrons. The largest absolute Gasteiger partial charge is 0.380 e. The van der Waals surface area contributed by atoms with E-state index in [2.05, 4.69) is 25.5 Å². The van der Waals surface area contributed by atoms with Crippen molar-refractivity contribution in [1.29, 1.82) is 0 Å². The van der Waals surface area contributed by atoms with Gasteiger partial charge in [0.2, 0.25) is 0 Å². The average Bonchev–Trinajstić information content (AvgIpc) is 2.28. The molecule has 0 aliphatic rings. The van der Waals surface area contributed by atoms with E-state index in [1.807, 2.05) is 6.92 Å². The van der Waals surface area contributed by atoms with Crippen molar-refractivity contribution in [2.45, 2.75) is 13.0 Å². The fourth-order valence-electron chi connectivity index (χ4n) is 0.933. The van der Waals surface area contributed by atoms with E-state index in [0.29, 0.717) is 18.1 Å². The molecule has 0 saturated heterocycles. The van der Waals surface area contributed by atoms with Gasteiger partial charge in [0.1, 0.15) is 0 Å². The van der Waals surface area contributed by atoms with Gasteiger partial charge >= 0.3 is 0 Å². The topological polar surface area (TPSA) is 95.8 Å². The predicted molar refractivity (Wildman–Crippen MR) is 60.8 cm³/mol. The molecule has 1 aromatic heterocycles. The van der Waals surface area contributed by atoms with Crippen LogP contribution in [-0.4, -0.2) is 30.0 Å². The van der Waals surface area contributed by atoms with Crippen LogP contribution in [0.2, 0.25) is 5.15 Å². The van der Waals surface area contributed by atoms with Gasteiger partial charge in [-0.25, -0.2) is 0 Å². The third-order valence-electron chi connectivity index (χ3n) is 1.86. The Kier molecular flexibility index (Phi) is 4.78. The molecule has 1 heterocycles. The van der Waals surface area contributed by atoms with Crippen LogP contribution in [0, 0.1) is 0 Å². The first kappa shape index (κ1) is 12.5. The molecule has 7 nitrogen and oxygen atoms in total. The van der Waals surface area contributed by atoms with Gasteiger partial charge in [0.05, 0.1) is 11.8 Å². The van der Waals surface area contributed by atoms with E-state index in [1.54, 1.807) is 7.11 Å². The van der Waals surface area contributed by atoms with Crippen LogP contribution in [0.4, 0.5) is 11.5 Å². The number of nitrogens with zero attached hydrogens (tertiary/aromatic N) is 5. The molecule has 0 aromatic carbocycles. The highest BCUT2D eigenvalue weighted by atomic mass is 35.5. The Bertz CT molecular complexity index is 406. The summed E-state index contributed by atoms with van der Waals surface area (Å²) in [4.78, 5) is 2.68. The SMILES string of the molecule is COC(C)CNc1nnc(Cl)cc1N=[N+]=[N-]. The van der Waals surface area contributed by atoms with Crippen LogP contribution in [-0.2, 0) is 4.74 Å². The van der Waals surface area contributed by atoms with Gasteiger partial charge in [-0.05, 0) is 18.5 Å². The van der Waals surface area contributed by atoms with Crippen molar-refractivity contribution in [1.82, 2.24) is 10.2 Å². The predicted octanol–water partition coefficient (Wildman–Crippen LogP) is 2.52. The van der Waals surface area contributed by atoms with Crippen molar-refractivity contribution >= 4 is 23.1 Å². The standard InChI is InChI=1S/C8H11ClN6O/c1-5(16-2)4-11-8-6(12-15-10)3-7(9)13-14-8/h3,5H,4H2,1-2H3,(H,11,14). The first-order valence-corrected chi connectivity index (χ1v) is 4.90. The summed E-state index contributed by atoms with van der Waals surface area (Å²) in [6, 6.07) is 1.44. The van der Waals surface area contributed by atoms with E-state index >= 15 is 0 Å². The van der Waals surface area contributed by atoms with Gasteiger partial charge in [-0.2, -0.15) is 0 Å². The molecule has 1 aromatic rings. The second-order valence-corrected chi connectivity index (χ2v) is 3.40. The summed E-state index contributed by atoms with van der Waals surface area (Å²) in [5.74, 6) is 0.381. The van der Waals surface area contributed by atoms with Crippen LogP contribution in [0.1, 0.15) is 6.92 Å². The highest BCUT2D eigenvalue weighted by molar-refractivity contribution is 6.29. The van der Waals surface area contributed by atoms with E-state index in [9.17, 15) is 0 Å². The van der Waals surface area contributed by atoms with Crippen LogP contribution in [0.5, 0.6) is 0 Å². The number of methoxy groups -OCH3 is 1. The molecule has 0 amide bonds. The number of aromatic nitrogens is 2. The maximum Gasteiger partial charge on any atom is 0.158 e. The number of rotatable bonds is 5. The third kappa shape index (κ3) is 3.54. The Labute approximate surface area is 97.4 Å². The summed E-state index contributed by atoms with van der Waals surface area (Å²) in [7, 11) is 1.61. The minimum absolute atomic E-state index is 0.0105. The van der Waals surface area contributed by atoms with Gasteiger partial charge in [-0.3, -0.25) is 0 Å². The van der Waals surface area contributed by atoms with Gasteiger partial charge in [-0.1, -0.05) is 16.7 Å². The molecule has 0 fully saturated rings. The Morgan fingerprint density at radius 1 is 1.69 bits per heavy atom. The molecular formula is C8H11ClN6O. The van der Waals surface area contributed by atoms with Crippen LogP contribution in [0.15, 0.2) is 11.2 Å². The van der Waals surface area contributed by atoms with Crippen molar-refractivity contribution < 1.29 is 4.74 Å². The summed E-state index contributed by atoms with van der Waals surface area (Å²) in [5.41, 5.74) is 8.68. The highest BCUT2D eigenvalue weighted by Gasteiger charge is 2.06. The monoisotopic (exact) mass is 242 g/mol. The quantitative estimate of drug-likeness (QED) is 0.487. The zero-order chi connectivity index (χ0) is 12.0. The molecule has 0 bridgehead atoms. The third-order valence-corrected chi connectivity index (χ3v) is 2.04. The van der Waals surface area contributed by atoms with E-state index in [4.69, 9.17) is 21.9 Å². The van der Waals surface area contributed by atoms with E-state index in [1.165, 1.54) is 6.07 Å². The van der Waals surface area contributed by atoms with Crippen LogP contribution >= 0.6 is 11.6 Å². The molecule has 0 saturated carbocycles. The van der Waals surface area contributed by atoms with Crippen LogP contribution < -0.4 is 5.32 Å². The van der Waals surface area contributed by atoms with Crippen molar-refractivity contribution in [3.05, 3.63) is 21.7 Å². The second-order valence-electron chi connectivity index (χ2n) is 3.02. The number of anilines is 1. The summed E-state index contributed by atoms with van der Waals surface area (Å²) in [6.07, 6.45) is 0.0105. The van der Waals surface area contributed by atoms with Crippen LogP contribution in [0.3, 0.4) is 0 Å². The normalized spacial score (nSPS) is 11.7. The fourth-order valence-corrected chi connectivity index (χ4v) is 1.07. The Balaban J connectivity index is 2.82. The summed E-state index contributed by atoms with van der Waals surface area (Å²) in [5, 5.41) is 14.0. The number of nitrogens with one attached hydrogen (secondary N) is 1. The lowest BCUT2D eigenvalue weighted by Crippen LogP contribution is -2.18. The van der Waals surface area contributed by atoms with Gasteiger partial charge in [0.15, 0.2) is 11.0 Å². The molecule has 0 radical (unpaired) electrons. The van der Waals surface area contributed by atoms with Crippen molar-refractivity contribution in [3.8, 4) is 0 Å². The van der Waals surface area contributed by atoms with E-state index in [-0.39, 0.29) is 11.3 Å². The number of hydrogen-bond acceptors (Lipinski definition) is 5. The van der Waals surface area contributed by atoms with Gasteiger partial charge < -0.3 is 10.1 Å². The molecular weight excluding hydrogens is 232 g/mol. The van der Waals surface area contributed by atoms with Crippen molar-refractivity contribution in [3.63, 3.8) is 0 Å². The zero-order valence-corrected chi connectivity index (χ0v) is 9.64. The molecule has 16 heavy (non-hydrogen) atoms. The number of azide groups is 1. The van der Waals surface area contributed by atoms with Gasteiger partial charge in [0, 0.05) is 18.6 Å². The minimum Gasteiger partial charge on any atom is -0.380 e. The summed E-state index contributed by atoms with van der Waals surface area (Å²) < 4.78 is 5.06.